The van der Waals surface area contributed by atoms with Crippen LogP contribution in [0.1, 0.15) is 86.5 Å². The van der Waals surface area contributed by atoms with E-state index >= 15 is 0 Å². The summed E-state index contributed by atoms with van der Waals surface area (Å²) in [5.74, 6) is 1.81. The van der Waals surface area contributed by atoms with Gasteiger partial charge in [0.15, 0.2) is 0 Å². The van der Waals surface area contributed by atoms with Crippen LogP contribution in [0, 0.1) is 40.4 Å². The molecule has 0 aromatic carbocycles. The van der Waals surface area contributed by atoms with Crippen molar-refractivity contribution in [2.45, 2.75) is 109 Å². The number of aliphatic hydroxyl groups excluding tert-OH is 1. The van der Waals surface area contributed by atoms with Gasteiger partial charge in [-0.1, -0.05) is 59.8 Å². The van der Waals surface area contributed by atoms with Gasteiger partial charge in [-0.3, -0.25) is 0 Å². The van der Waals surface area contributed by atoms with Gasteiger partial charge >= 0.3 is 0 Å². The average molecular weight is 445 g/mol. The molecular weight excluding hydrogens is 400 g/mol. The molecule has 0 aromatic rings. The summed E-state index contributed by atoms with van der Waals surface area (Å²) in [7, 11) is 0. The molecule has 10 unspecified atom stereocenters. The van der Waals surface area contributed by atoms with Crippen LogP contribution in [0.15, 0.2) is 24.3 Å². The second-order valence-electron chi connectivity index (χ2n) is 12.9. The Morgan fingerprint density at radius 1 is 0.875 bits per heavy atom. The van der Waals surface area contributed by atoms with Crippen molar-refractivity contribution >= 4 is 0 Å². The Morgan fingerprint density at radius 2 is 1.53 bits per heavy atom. The lowest BCUT2D eigenvalue weighted by atomic mass is 9.42. The minimum Gasteiger partial charge on any atom is -0.393 e. The van der Waals surface area contributed by atoms with Gasteiger partial charge in [-0.2, -0.15) is 0 Å². The molecule has 4 fully saturated rings. The van der Waals surface area contributed by atoms with Crippen LogP contribution in [0.3, 0.4) is 0 Å². The van der Waals surface area contributed by atoms with E-state index in [1.165, 1.54) is 0 Å². The predicted molar refractivity (Wildman–Crippen MR) is 126 cm³/mol. The number of rotatable bonds is 4. The van der Waals surface area contributed by atoms with Gasteiger partial charge in [0.1, 0.15) is 11.2 Å². The topological polar surface area (TPSA) is 58.9 Å². The highest BCUT2D eigenvalue weighted by atomic mass is 17.2. The molecule has 180 valence electrons. The van der Waals surface area contributed by atoms with Crippen LogP contribution in [0.4, 0.5) is 0 Å². The molecule has 2 bridgehead atoms. The van der Waals surface area contributed by atoms with Crippen LogP contribution in [-0.4, -0.2) is 33.1 Å². The Kier molecular flexibility index (Phi) is 5.17. The Labute approximate surface area is 194 Å². The summed E-state index contributed by atoms with van der Waals surface area (Å²) < 4.78 is 0. The highest BCUT2D eigenvalue weighted by molar-refractivity contribution is 5.34. The van der Waals surface area contributed by atoms with Gasteiger partial charge in [0, 0.05) is 35.0 Å². The Balaban J connectivity index is 1.49. The van der Waals surface area contributed by atoms with Crippen LogP contribution in [-0.2, 0) is 9.78 Å². The molecule has 6 rings (SSSR count). The summed E-state index contributed by atoms with van der Waals surface area (Å²) in [6.45, 7) is 13.6. The molecule has 2 N–H and O–H groups in total. The lowest BCUT2D eigenvalue weighted by Gasteiger charge is -2.69. The Hall–Kier alpha value is -0.680. The van der Waals surface area contributed by atoms with Gasteiger partial charge in [0.05, 0.1) is 11.7 Å². The number of hydrogen-bond acceptors (Lipinski definition) is 4. The first-order valence-electron chi connectivity index (χ1n) is 13.1. The van der Waals surface area contributed by atoms with E-state index in [2.05, 4.69) is 65.8 Å². The van der Waals surface area contributed by atoms with Gasteiger partial charge in [0.25, 0.3) is 0 Å². The molecule has 1 saturated heterocycles. The third-order valence-corrected chi connectivity index (χ3v) is 11.3. The van der Waals surface area contributed by atoms with Crippen molar-refractivity contribution in [3.05, 3.63) is 24.3 Å². The molecule has 0 aromatic heterocycles. The van der Waals surface area contributed by atoms with Crippen LogP contribution in [0.25, 0.3) is 0 Å². The molecule has 0 amide bonds. The zero-order valence-corrected chi connectivity index (χ0v) is 20.9. The van der Waals surface area contributed by atoms with Gasteiger partial charge in [-0.15, -0.1) is 0 Å². The number of fused-ring (bicyclic) bond motifs is 2. The fraction of sp³-hybridized carbons (Fsp3) is 0.857. The van der Waals surface area contributed by atoms with Crippen molar-refractivity contribution in [2.75, 3.05) is 0 Å². The molecule has 32 heavy (non-hydrogen) atoms. The quantitative estimate of drug-likeness (QED) is 0.438. The molecule has 10 atom stereocenters. The summed E-state index contributed by atoms with van der Waals surface area (Å²) in [6.07, 6.45) is 15.0. The van der Waals surface area contributed by atoms with Gasteiger partial charge in [-0.25, -0.2) is 9.78 Å². The van der Waals surface area contributed by atoms with E-state index < -0.39 is 16.8 Å². The van der Waals surface area contributed by atoms with E-state index in [0.29, 0.717) is 24.2 Å². The molecule has 2 heterocycles. The Morgan fingerprint density at radius 3 is 2.19 bits per heavy atom. The summed E-state index contributed by atoms with van der Waals surface area (Å²) >= 11 is 0. The minimum absolute atomic E-state index is 0.0283. The standard InChI is InChI=1S/C28H44O4/c1-18(2)19(3)7-8-20(4)28(30)14-11-23-25(28,6)13-10-22-24(5)12-9-21(29)17-26(24)15-16-27(22,23)32-31-26/h7-8,15-16,18-23,29-30H,9-14,17H2,1-6H3. The average Bonchev–Trinajstić information content (AvgIpc) is 3.04. The zero-order chi connectivity index (χ0) is 23.2. The van der Waals surface area contributed by atoms with Crippen LogP contribution in [0.2, 0.25) is 0 Å². The van der Waals surface area contributed by atoms with Gasteiger partial charge < -0.3 is 10.2 Å². The smallest absolute Gasteiger partial charge is 0.130 e. The minimum atomic E-state index is -0.739. The van der Waals surface area contributed by atoms with Crippen molar-refractivity contribution in [2.24, 2.45) is 40.4 Å². The number of allylic oxidation sites excluding steroid dienone is 1. The predicted octanol–water partition coefficient (Wildman–Crippen LogP) is 5.59. The fourth-order valence-corrected chi connectivity index (χ4v) is 8.62. The molecule has 4 nitrogen and oxygen atoms in total. The lowest BCUT2D eigenvalue weighted by molar-refractivity contribution is -0.498. The molecule has 6 aliphatic rings. The molecule has 4 heteroatoms. The summed E-state index contributed by atoms with van der Waals surface area (Å²) in [6, 6.07) is 0. The van der Waals surface area contributed by atoms with Crippen LogP contribution in [0.5, 0.6) is 0 Å². The van der Waals surface area contributed by atoms with Gasteiger partial charge in [-0.05, 0) is 56.4 Å². The Bertz CT molecular complexity index is 820. The van der Waals surface area contributed by atoms with E-state index in [4.69, 9.17) is 9.78 Å². The van der Waals surface area contributed by atoms with Crippen molar-refractivity contribution in [1.82, 2.24) is 0 Å². The first kappa shape index (κ1) is 23.1. The second kappa shape index (κ2) is 7.16. The maximum atomic E-state index is 12.2. The monoisotopic (exact) mass is 444 g/mol. The van der Waals surface area contributed by atoms with Gasteiger partial charge in [0.2, 0.25) is 0 Å². The van der Waals surface area contributed by atoms with Crippen LogP contribution >= 0.6 is 0 Å². The van der Waals surface area contributed by atoms with Crippen molar-refractivity contribution in [1.29, 1.82) is 0 Å². The first-order valence-corrected chi connectivity index (χ1v) is 13.1. The zero-order valence-electron chi connectivity index (χ0n) is 20.9. The molecule has 3 saturated carbocycles. The lowest BCUT2D eigenvalue weighted by Crippen LogP contribution is -2.74. The summed E-state index contributed by atoms with van der Waals surface area (Å²) in [4.78, 5) is 12.6. The largest absolute Gasteiger partial charge is 0.393 e. The molecule has 2 spiro atoms. The molecule has 2 aliphatic heterocycles. The van der Waals surface area contributed by atoms with Crippen LogP contribution < -0.4 is 0 Å². The first-order chi connectivity index (χ1) is 14.9. The number of hydrogen-bond donors (Lipinski definition) is 2. The van der Waals surface area contributed by atoms with E-state index in [0.717, 1.165) is 38.5 Å². The summed E-state index contributed by atoms with van der Waals surface area (Å²) in [5, 5.41) is 22.6. The SMILES string of the molecule is CC(C)C(C)C=CC(C)C1(O)CCC2C34C=CC5(CC(O)CCC5(C)C3CCC21C)OO4. The van der Waals surface area contributed by atoms with E-state index in [1.807, 2.05) is 0 Å². The highest BCUT2D eigenvalue weighted by Gasteiger charge is 2.76. The number of aliphatic hydroxyl groups is 2. The van der Waals surface area contributed by atoms with Crippen molar-refractivity contribution in [3.63, 3.8) is 0 Å². The normalized spacial score (nSPS) is 53.8. The van der Waals surface area contributed by atoms with E-state index in [-0.39, 0.29) is 28.8 Å². The third kappa shape index (κ3) is 2.70. The third-order valence-electron chi connectivity index (χ3n) is 11.3. The van der Waals surface area contributed by atoms with E-state index in [1.54, 1.807) is 0 Å². The maximum Gasteiger partial charge on any atom is 0.130 e. The van der Waals surface area contributed by atoms with Crippen molar-refractivity contribution in [3.8, 4) is 0 Å². The molecular formula is C28H44O4. The fourth-order valence-electron chi connectivity index (χ4n) is 8.62. The summed E-state index contributed by atoms with van der Waals surface area (Å²) in [5.41, 5.74) is -1.96. The highest BCUT2D eigenvalue weighted by Crippen LogP contribution is 2.73. The maximum absolute atomic E-state index is 12.2. The van der Waals surface area contributed by atoms with Crippen molar-refractivity contribution < 1.29 is 20.0 Å². The molecule has 0 radical (unpaired) electrons. The molecule has 4 aliphatic carbocycles. The van der Waals surface area contributed by atoms with E-state index in [9.17, 15) is 10.2 Å². The second-order valence-corrected chi connectivity index (χ2v) is 12.9.